The maximum atomic E-state index is 11.4. The summed E-state index contributed by atoms with van der Waals surface area (Å²) < 4.78 is 26.6. The van der Waals surface area contributed by atoms with Gasteiger partial charge in [0.1, 0.15) is 0 Å². The maximum Gasteiger partial charge on any atom is 0.287 e. The molecule has 0 bridgehead atoms. The van der Waals surface area contributed by atoms with Gasteiger partial charge in [-0.3, -0.25) is 4.79 Å². The Labute approximate surface area is 93.9 Å². The Bertz CT molecular complexity index is 464. The zero-order chi connectivity index (χ0) is 12.2. The second-order valence-corrected chi connectivity index (χ2v) is 4.77. The van der Waals surface area contributed by atoms with Gasteiger partial charge in [-0.1, -0.05) is 13.3 Å². The van der Waals surface area contributed by atoms with Gasteiger partial charge >= 0.3 is 0 Å². The number of carbonyl (C=O) groups is 1. The van der Waals surface area contributed by atoms with E-state index in [9.17, 15) is 13.2 Å². The summed E-state index contributed by atoms with van der Waals surface area (Å²) in [6.45, 7) is 2.53. The molecule has 6 nitrogen and oxygen atoms in total. The van der Waals surface area contributed by atoms with Crippen molar-refractivity contribution < 1.29 is 17.6 Å². The topological polar surface area (TPSA) is 102 Å². The first-order valence-electron chi connectivity index (χ1n) is 4.86. The van der Waals surface area contributed by atoms with Gasteiger partial charge in [0.15, 0.2) is 5.76 Å². The van der Waals surface area contributed by atoms with Crippen molar-refractivity contribution in [1.29, 1.82) is 0 Å². The van der Waals surface area contributed by atoms with Gasteiger partial charge in [0.05, 0.1) is 0 Å². The van der Waals surface area contributed by atoms with Gasteiger partial charge in [-0.15, -0.1) is 0 Å². The number of hydrogen-bond donors (Lipinski definition) is 2. The van der Waals surface area contributed by atoms with Gasteiger partial charge in [0.25, 0.3) is 15.9 Å². The Morgan fingerprint density at radius 3 is 2.69 bits per heavy atom. The van der Waals surface area contributed by atoms with E-state index in [-0.39, 0.29) is 5.76 Å². The van der Waals surface area contributed by atoms with E-state index < -0.39 is 21.0 Å². The largest absolute Gasteiger partial charge is 0.438 e. The van der Waals surface area contributed by atoms with Crippen molar-refractivity contribution in [1.82, 2.24) is 5.32 Å². The predicted molar refractivity (Wildman–Crippen MR) is 57.3 cm³/mol. The molecular weight excluding hydrogens is 232 g/mol. The van der Waals surface area contributed by atoms with Crippen LogP contribution in [0.25, 0.3) is 0 Å². The van der Waals surface area contributed by atoms with Crippen LogP contribution in [0.2, 0.25) is 0 Å². The molecule has 16 heavy (non-hydrogen) atoms. The minimum atomic E-state index is -3.89. The molecule has 0 aliphatic carbocycles. The molecular formula is C9H14N2O4S. The number of nitrogens with one attached hydrogen (secondary N) is 1. The highest BCUT2D eigenvalue weighted by molar-refractivity contribution is 7.89. The van der Waals surface area contributed by atoms with E-state index in [0.29, 0.717) is 6.54 Å². The molecule has 90 valence electrons. The zero-order valence-electron chi connectivity index (χ0n) is 8.89. The molecule has 7 heteroatoms. The van der Waals surface area contributed by atoms with Crippen LogP contribution >= 0.6 is 0 Å². The van der Waals surface area contributed by atoms with Gasteiger partial charge in [0, 0.05) is 6.54 Å². The van der Waals surface area contributed by atoms with Crippen molar-refractivity contribution in [2.24, 2.45) is 5.14 Å². The number of furan rings is 1. The standard InChI is InChI=1S/C9H14N2O4S/c1-2-3-6-11-9(12)7-4-5-8(15-7)16(10,13)14/h4-5H,2-3,6H2,1H3,(H,11,12)(H2,10,13,14). The fraction of sp³-hybridized carbons (Fsp3) is 0.444. The normalized spacial score (nSPS) is 11.4. The first kappa shape index (κ1) is 12.7. The van der Waals surface area contributed by atoms with E-state index in [4.69, 9.17) is 9.56 Å². The molecule has 1 heterocycles. The van der Waals surface area contributed by atoms with Gasteiger partial charge in [-0.25, -0.2) is 13.6 Å². The van der Waals surface area contributed by atoms with Gasteiger partial charge in [-0.05, 0) is 18.6 Å². The summed E-state index contributed by atoms with van der Waals surface area (Å²) in [7, 11) is -3.89. The average molecular weight is 246 g/mol. The molecule has 0 saturated heterocycles. The number of primary sulfonamides is 1. The Morgan fingerprint density at radius 1 is 1.50 bits per heavy atom. The van der Waals surface area contributed by atoms with E-state index in [1.807, 2.05) is 6.92 Å². The van der Waals surface area contributed by atoms with Crippen LogP contribution < -0.4 is 10.5 Å². The predicted octanol–water partition coefficient (Wildman–Crippen LogP) is 0.457. The number of unbranched alkanes of at least 4 members (excludes halogenated alkanes) is 1. The molecule has 1 aromatic rings. The van der Waals surface area contributed by atoms with Gasteiger partial charge in [-0.2, -0.15) is 0 Å². The molecule has 1 rings (SSSR count). The van der Waals surface area contributed by atoms with Crippen molar-refractivity contribution >= 4 is 15.9 Å². The molecule has 3 N–H and O–H groups in total. The molecule has 0 fully saturated rings. The lowest BCUT2D eigenvalue weighted by molar-refractivity contribution is 0.0920. The summed E-state index contributed by atoms with van der Waals surface area (Å²) in [6.07, 6.45) is 1.81. The number of carbonyl (C=O) groups excluding carboxylic acids is 1. The summed E-state index contributed by atoms with van der Waals surface area (Å²) in [6, 6.07) is 2.44. The molecule has 0 aliphatic heterocycles. The van der Waals surface area contributed by atoms with Crippen LogP contribution in [-0.2, 0) is 10.0 Å². The lowest BCUT2D eigenvalue weighted by Crippen LogP contribution is -2.23. The minimum Gasteiger partial charge on any atom is -0.438 e. The van der Waals surface area contributed by atoms with Crippen molar-refractivity contribution in [3.8, 4) is 0 Å². The summed E-state index contributed by atoms with van der Waals surface area (Å²) in [5, 5.41) is 7.03. The third-order valence-corrected chi connectivity index (χ3v) is 2.68. The van der Waals surface area contributed by atoms with Crippen molar-refractivity contribution in [2.75, 3.05) is 6.54 Å². The van der Waals surface area contributed by atoms with E-state index in [1.165, 1.54) is 6.07 Å². The number of amides is 1. The highest BCUT2D eigenvalue weighted by Gasteiger charge is 2.16. The highest BCUT2D eigenvalue weighted by Crippen LogP contribution is 2.11. The van der Waals surface area contributed by atoms with Crippen LogP contribution in [0.5, 0.6) is 0 Å². The summed E-state index contributed by atoms with van der Waals surface area (Å²) in [5.74, 6) is -0.497. The molecule has 0 radical (unpaired) electrons. The lowest BCUT2D eigenvalue weighted by atomic mass is 10.3. The number of rotatable bonds is 5. The van der Waals surface area contributed by atoms with Crippen molar-refractivity contribution in [3.05, 3.63) is 17.9 Å². The Morgan fingerprint density at radius 2 is 2.19 bits per heavy atom. The van der Waals surface area contributed by atoms with Crippen molar-refractivity contribution in [2.45, 2.75) is 24.9 Å². The molecule has 0 spiro atoms. The number of nitrogens with two attached hydrogens (primary N) is 1. The Kier molecular flexibility index (Phi) is 4.08. The molecule has 0 atom stereocenters. The van der Waals surface area contributed by atoms with E-state index in [2.05, 4.69) is 5.32 Å². The Balaban J connectivity index is 2.68. The first-order valence-corrected chi connectivity index (χ1v) is 6.40. The monoisotopic (exact) mass is 246 g/mol. The van der Waals surface area contributed by atoms with Crippen LogP contribution in [0.4, 0.5) is 0 Å². The molecule has 1 amide bonds. The second kappa shape index (κ2) is 5.13. The third kappa shape index (κ3) is 3.35. The van der Waals surface area contributed by atoms with Crippen LogP contribution in [0.3, 0.4) is 0 Å². The van der Waals surface area contributed by atoms with Gasteiger partial charge < -0.3 is 9.73 Å². The van der Waals surface area contributed by atoms with Crippen LogP contribution in [0, 0.1) is 0 Å². The minimum absolute atomic E-state index is 0.0554. The van der Waals surface area contributed by atoms with Crippen LogP contribution in [-0.4, -0.2) is 20.9 Å². The molecule has 1 aromatic heterocycles. The fourth-order valence-electron chi connectivity index (χ4n) is 1.06. The lowest BCUT2D eigenvalue weighted by Gasteiger charge is -2.00. The molecule has 0 aromatic carbocycles. The molecule has 0 aliphatic rings. The second-order valence-electron chi connectivity index (χ2n) is 3.27. The quantitative estimate of drug-likeness (QED) is 0.736. The van der Waals surface area contributed by atoms with Crippen LogP contribution in [0.1, 0.15) is 30.3 Å². The van der Waals surface area contributed by atoms with E-state index >= 15 is 0 Å². The maximum absolute atomic E-state index is 11.4. The SMILES string of the molecule is CCCCNC(=O)c1ccc(S(N)(=O)=O)o1. The third-order valence-electron chi connectivity index (χ3n) is 1.90. The van der Waals surface area contributed by atoms with Crippen LogP contribution in [0.15, 0.2) is 21.6 Å². The Hall–Kier alpha value is -1.34. The number of hydrogen-bond acceptors (Lipinski definition) is 4. The van der Waals surface area contributed by atoms with E-state index in [0.717, 1.165) is 18.9 Å². The van der Waals surface area contributed by atoms with E-state index in [1.54, 1.807) is 0 Å². The summed E-state index contributed by atoms with van der Waals surface area (Å²) >= 11 is 0. The molecule has 0 unspecified atom stereocenters. The fourth-order valence-corrected chi connectivity index (χ4v) is 1.52. The average Bonchev–Trinajstić information content (AvgIpc) is 2.66. The van der Waals surface area contributed by atoms with Crippen molar-refractivity contribution in [3.63, 3.8) is 0 Å². The van der Waals surface area contributed by atoms with Gasteiger partial charge in [0.2, 0.25) is 5.09 Å². The highest BCUT2D eigenvalue weighted by atomic mass is 32.2. The summed E-state index contributed by atoms with van der Waals surface area (Å²) in [4.78, 5) is 11.4. The zero-order valence-corrected chi connectivity index (χ0v) is 9.71. The smallest absolute Gasteiger partial charge is 0.287 e. The molecule has 0 saturated carbocycles. The summed E-state index contributed by atoms with van der Waals surface area (Å²) in [5.41, 5.74) is 0. The first-order chi connectivity index (χ1) is 7.45. The number of sulfonamides is 1.